The molecule has 2 unspecified atom stereocenters. The first-order valence-electron chi connectivity index (χ1n) is 8.72. The van der Waals surface area contributed by atoms with Gasteiger partial charge in [-0.1, -0.05) is 13.8 Å². The molecule has 2 saturated heterocycles. The van der Waals surface area contributed by atoms with Crippen molar-refractivity contribution in [2.45, 2.75) is 39.5 Å². The number of aliphatic imine (C=N–C) groups is 1. The molecule has 2 heterocycles. The number of rotatable bonds is 4. The summed E-state index contributed by atoms with van der Waals surface area (Å²) in [7, 11) is 4.16. The van der Waals surface area contributed by atoms with E-state index in [1.54, 1.807) is 0 Å². The van der Waals surface area contributed by atoms with Crippen molar-refractivity contribution in [3.63, 3.8) is 0 Å². The zero-order valence-corrected chi connectivity index (χ0v) is 17.2. The normalized spacial score (nSPS) is 27.1. The zero-order valence-electron chi connectivity index (χ0n) is 14.8. The van der Waals surface area contributed by atoms with Gasteiger partial charge in [-0.3, -0.25) is 4.99 Å². The smallest absolute Gasteiger partial charge is 0.193 e. The molecule has 2 fully saturated rings. The monoisotopic (exact) mass is 422 g/mol. The van der Waals surface area contributed by atoms with Crippen molar-refractivity contribution in [1.82, 2.24) is 15.1 Å². The number of piperidine rings is 1. The fourth-order valence-electron chi connectivity index (χ4n) is 3.89. The number of nitrogens with zero attached hydrogens (tertiary/aromatic N) is 3. The van der Waals surface area contributed by atoms with Gasteiger partial charge in [0.05, 0.1) is 0 Å². The number of guanidine groups is 1. The lowest BCUT2D eigenvalue weighted by Gasteiger charge is -2.31. The van der Waals surface area contributed by atoms with Crippen molar-refractivity contribution in [2.24, 2.45) is 22.7 Å². The maximum atomic E-state index is 4.50. The standard InChI is InChI=1S/C17H34N4.HI/c1-14(2)10-15-7-9-21(13-15)17(18-3)19-11-16-6-5-8-20(4)12-16;/h14-16H,5-13H2,1-4H3,(H,18,19);1H. The van der Waals surface area contributed by atoms with Crippen molar-refractivity contribution in [3.8, 4) is 0 Å². The van der Waals surface area contributed by atoms with Crippen LogP contribution in [0.15, 0.2) is 4.99 Å². The van der Waals surface area contributed by atoms with Crippen molar-refractivity contribution in [2.75, 3.05) is 46.8 Å². The van der Waals surface area contributed by atoms with E-state index in [1.807, 2.05) is 7.05 Å². The molecular weight excluding hydrogens is 387 g/mol. The largest absolute Gasteiger partial charge is 0.356 e. The number of hydrogen-bond acceptors (Lipinski definition) is 2. The Morgan fingerprint density at radius 3 is 2.59 bits per heavy atom. The summed E-state index contributed by atoms with van der Waals surface area (Å²) in [5.74, 6) is 3.55. The highest BCUT2D eigenvalue weighted by atomic mass is 127. The third kappa shape index (κ3) is 6.22. The minimum absolute atomic E-state index is 0. The maximum Gasteiger partial charge on any atom is 0.193 e. The van der Waals surface area contributed by atoms with Gasteiger partial charge in [0, 0.05) is 33.2 Å². The van der Waals surface area contributed by atoms with Gasteiger partial charge in [-0.05, 0) is 57.0 Å². The average molecular weight is 422 g/mol. The minimum atomic E-state index is 0. The molecule has 0 saturated carbocycles. The maximum absolute atomic E-state index is 4.50. The molecule has 0 aromatic rings. The van der Waals surface area contributed by atoms with E-state index in [0.29, 0.717) is 0 Å². The summed E-state index contributed by atoms with van der Waals surface area (Å²) in [4.78, 5) is 9.41. The molecule has 0 amide bonds. The molecule has 2 aliphatic rings. The molecule has 5 heteroatoms. The summed E-state index contributed by atoms with van der Waals surface area (Å²) in [5, 5.41) is 3.62. The second kappa shape index (κ2) is 9.96. The van der Waals surface area contributed by atoms with Gasteiger partial charge < -0.3 is 15.1 Å². The molecule has 0 aliphatic carbocycles. The molecule has 0 aromatic heterocycles. The molecule has 130 valence electrons. The quantitative estimate of drug-likeness (QED) is 0.430. The third-order valence-electron chi connectivity index (χ3n) is 4.87. The molecule has 0 aromatic carbocycles. The predicted molar refractivity (Wildman–Crippen MR) is 106 cm³/mol. The van der Waals surface area contributed by atoms with E-state index in [9.17, 15) is 0 Å². The zero-order chi connectivity index (χ0) is 15.2. The number of likely N-dealkylation sites (tertiary alicyclic amines) is 2. The van der Waals surface area contributed by atoms with E-state index in [1.165, 1.54) is 51.9 Å². The number of halogens is 1. The first kappa shape index (κ1) is 20.0. The Hall–Kier alpha value is -0.0400. The van der Waals surface area contributed by atoms with Crippen molar-refractivity contribution < 1.29 is 0 Å². The van der Waals surface area contributed by atoms with Gasteiger partial charge in [-0.2, -0.15) is 0 Å². The van der Waals surface area contributed by atoms with E-state index in [2.05, 4.69) is 41.0 Å². The Balaban J connectivity index is 0.00000242. The molecule has 2 aliphatic heterocycles. The topological polar surface area (TPSA) is 30.9 Å². The predicted octanol–water partition coefficient (Wildman–Crippen LogP) is 2.89. The Morgan fingerprint density at radius 2 is 1.95 bits per heavy atom. The van der Waals surface area contributed by atoms with E-state index in [0.717, 1.165) is 30.3 Å². The van der Waals surface area contributed by atoms with Crippen LogP contribution in [0.1, 0.15) is 39.5 Å². The van der Waals surface area contributed by atoms with Gasteiger partial charge >= 0.3 is 0 Å². The highest BCUT2D eigenvalue weighted by Gasteiger charge is 2.26. The van der Waals surface area contributed by atoms with Crippen LogP contribution in [0.4, 0.5) is 0 Å². The Kier molecular flexibility index (Phi) is 9.05. The highest BCUT2D eigenvalue weighted by Crippen LogP contribution is 2.23. The molecular formula is C17H35IN4. The Bertz CT molecular complexity index is 346. The van der Waals surface area contributed by atoms with Crippen LogP contribution in [0.3, 0.4) is 0 Å². The van der Waals surface area contributed by atoms with Crippen LogP contribution < -0.4 is 5.32 Å². The van der Waals surface area contributed by atoms with Gasteiger partial charge in [0.1, 0.15) is 0 Å². The van der Waals surface area contributed by atoms with E-state index < -0.39 is 0 Å². The fraction of sp³-hybridized carbons (Fsp3) is 0.941. The van der Waals surface area contributed by atoms with Crippen LogP contribution in [-0.2, 0) is 0 Å². The number of nitrogens with one attached hydrogen (secondary N) is 1. The molecule has 0 radical (unpaired) electrons. The summed E-state index contributed by atoms with van der Waals surface area (Å²) in [5.41, 5.74) is 0. The van der Waals surface area contributed by atoms with Gasteiger partial charge in [0.2, 0.25) is 0 Å². The summed E-state index contributed by atoms with van der Waals surface area (Å²) >= 11 is 0. The van der Waals surface area contributed by atoms with E-state index >= 15 is 0 Å². The third-order valence-corrected chi connectivity index (χ3v) is 4.87. The van der Waals surface area contributed by atoms with Crippen LogP contribution in [0.2, 0.25) is 0 Å². The summed E-state index contributed by atoms with van der Waals surface area (Å²) in [6.45, 7) is 10.6. The van der Waals surface area contributed by atoms with Crippen LogP contribution in [-0.4, -0.2) is 62.6 Å². The highest BCUT2D eigenvalue weighted by molar-refractivity contribution is 14.0. The molecule has 4 nitrogen and oxygen atoms in total. The Morgan fingerprint density at radius 1 is 1.18 bits per heavy atom. The second-order valence-electron chi connectivity index (χ2n) is 7.43. The van der Waals surface area contributed by atoms with Crippen LogP contribution >= 0.6 is 24.0 Å². The van der Waals surface area contributed by atoms with Crippen LogP contribution in [0.5, 0.6) is 0 Å². The fourth-order valence-corrected chi connectivity index (χ4v) is 3.89. The summed E-state index contributed by atoms with van der Waals surface area (Å²) < 4.78 is 0. The molecule has 2 atom stereocenters. The SMILES string of the molecule is CN=C(NCC1CCCN(C)C1)N1CCC(CC(C)C)C1.I. The number of hydrogen-bond donors (Lipinski definition) is 1. The minimum Gasteiger partial charge on any atom is -0.356 e. The van der Waals surface area contributed by atoms with Gasteiger partial charge in [0.15, 0.2) is 5.96 Å². The van der Waals surface area contributed by atoms with Crippen molar-refractivity contribution in [3.05, 3.63) is 0 Å². The lowest BCUT2D eigenvalue weighted by molar-refractivity contribution is 0.209. The lowest BCUT2D eigenvalue weighted by atomic mass is 9.97. The lowest BCUT2D eigenvalue weighted by Crippen LogP contribution is -2.44. The van der Waals surface area contributed by atoms with Crippen LogP contribution in [0.25, 0.3) is 0 Å². The first-order valence-corrected chi connectivity index (χ1v) is 8.72. The molecule has 0 bridgehead atoms. The van der Waals surface area contributed by atoms with Crippen molar-refractivity contribution in [1.29, 1.82) is 0 Å². The molecule has 0 spiro atoms. The van der Waals surface area contributed by atoms with Gasteiger partial charge in [-0.25, -0.2) is 0 Å². The van der Waals surface area contributed by atoms with Crippen molar-refractivity contribution >= 4 is 29.9 Å². The van der Waals surface area contributed by atoms with E-state index in [-0.39, 0.29) is 24.0 Å². The van der Waals surface area contributed by atoms with E-state index in [4.69, 9.17) is 0 Å². The molecule has 22 heavy (non-hydrogen) atoms. The Labute approximate surface area is 154 Å². The average Bonchev–Trinajstić information content (AvgIpc) is 2.87. The molecule has 1 N–H and O–H groups in total. The van der Waals surface area contributed by atoms with Gasteiger partial charge in [0.25, 0.3) is 0 Å². The summed E-state index contributed by atoms with van der Waals surface area (Å²) in [6, 6.07) is 0. The first-order chi connectivity index (χ1) is 10.1. The van der Waals surface area contributed by atoms with Crippen LogP contribution in [0, 0.1) is 17.8 Å². The van der Waals surface area contributed by atoms with Gasteiger partial charge in [-0.15, -0.1) is 24.0 Å². The summed E-state index contributed by atoms with van der Waals surface area (Å²) in [6.07, 6.45) is 5.36. The second-order valence-corrected chi connectivity index (χ2v) is 7.43. The molecule has 2 rings (SSSR count).